The number of carbonyl (C=O) groups excluding carboxylic acids is 1. The highest BCUT2D eigenvalue weighted by Gasteiger charge is 2.35. The van der Waals surface area contributed by atoms with E-state index in [9.17, 15) is 9.59 Å². The van der Waals surface area contributed by atoms with Crippen LogP contribution in [0.4, 0.5) is 4.79 Å². The topological polar surface area (TPSA) is 91.3 Å². The fourth-order valence-corrected chi connectivity index (χ4v) is 3.43. The molecule has 1 fully saturated rings. The molecule has 0 unspecified atom stereocenters. The maximum Gasteiger partial charge on any atom is 0.315 e. The molecule has 1 aromatic rings. The Morgan fingerprint density at radius 3 is 2.71 bits per heavy atom. The Kier molecular flexibility index (Phi) is 5.55. The van der Waals surface area contributed by atoms with Crippen LogP contribution >= 0.6 is 11.3 Å². The minimum atomic E-state index is -0.861. The molecule has 6 nitrogen and oxygen atoms in total. The third-order valence-electron chi connectivity index (χ3n) is 3.79. The van der Waals surface area contributed by atoms with Crippen molar-refractivity contribution < 1.29 is 14.7 Å². The molecule has 116 valence electrons. The van der Waals surface area contributed by atoms with Crippen LogP contribution < -0.4 is 10.6 Å². The van der Waals surface area contributed by atoms with Gasteiger partial charge in [-0.25, -0.2) is 9.78 Å². The molecule has 0 spiro atoms. The zero-order valence-electron chi connectivity index (χ0n) is 11.9. The summed E-state index contributed by atoms with van der Waals surface area (Å²) in [5, 5.41) is 17.6. The summed E-state index contributed by atoms with van der Waals surface area (Å²) < 4.78 is 0. The van der Waals surface area contributed by atoms with Crippen LogP contribution in [-0.4, -0.2) is 34.2 Å². The molecule has 7 heteroatoms. The maximum absolute atomic E-state index is 12.0. The largest absolute Gasteiger partial charge is 0.481 e. The van der Waals surface area contributed by atoms with Crippen molar-refractivity contribution in [2.75, 3.05) is 6.54 Å². The summed E-state index contributed by atoms with van der Waals surface area (Å²) in [6.45, 7) is 0.502. The molecule has 1 saturated carbocycles. The number of nitrogens with zero attached hydrogens (tertiary/aromatic N) is 1. The van der Waals surface area contributed by atoms with Gasteiger partial charge in [0.05, 0.1) is 17.0 Å². The Hall–Kier alpha value is -1.63. The van der Waals surface area contributed by atoms with Crippen LogP contribution in [0.25, 0.3) is 0 Å². The Morgan fingerprint density at radius 1 is 1.33 bits per heavy atom. The van der Waals surface area contributed by atoms with Gasteiger partial charge in [0.2, 0.25) is 0 Å². The number of carboxylic acids is 1. The SMILES string of the molecule is O=C(O)CC1(NC(=O)NCCc2nccs2)CCCCC1. The summed E-state index contributed by atoms with van der Waals surface area (Å²) in [5.74, 6) is -0.861. The van der Waals surface area contributed by atoms with E-state index in [0.29, 0.717) is 13.0 Å². The number of amides is 2. The van der Waals surface area contributed by atoms with Gasteiger partial charge in [-0.15, -0.1) is 11.3 Å². The minimum Gasteiger partial charge on any atom is -0.481 e. The van der Waals surface area contributed by atoms with Gasteiger partial charge in [0.1, 0.15) is 0 Å². The summed E-state index contributed by atoms with van der Waals surface area (Å²) in [7, 11) is 0. The van der Waals surface area contributed by atoms with E-state index in [1.807, 2.05) is 5.38 Å². The molecule has 0 aromatic carbocycles. The normalized spacial score (nSPS) is 17.1. The van der Waals surface area contributed by atoms with Crippen molar-refractivity contribution in [1.29, 1.82) is 0 Å². The summed E-state index contributed by atoms with van der Waals surface area (Å²) in [6.07, 6.45) is 6.93. The first-order chi connectivity index (χ1) is 10.1. The first-order valence-corrected chi connectivity index (χ1v) is 8.14. The number of aromatic nitrogens is 1. The lowest BCUT2D eigenvalue weighted by Crippen LogP contribution is -2.54. The standard InChI is InChI=1S/C14H21N3O3S/c18-12(19)10-14(5-2-1-3-6-14)17-13(20)16-7-4-11-15-8-9-21-11/h8-9H,1-7,10H2,(H,18,19)(H2,16,17,20). The lowest BCUT2D eigenvalue weighted by Gasteiger charge is -2.36. The molecule has 0 radical (unpaired) electrons. The molecule has 3 N–H and O–H groups in total. The third kappa shape index (κ3) is 5.00. The average molecular weight is 311 g/mol. The molecule has 1 heterocycles. The van der Waals surface area contributed by atoms with Crippen LogP contribution in [0.1, 0.15) is 43.5 Å². The molecule has 1 aliphatic carbocycles. The highest BCUT2D eigenvalue weighted by molar-refractivity contribution is 7.09. The Bertz CT molecular complexity index is 470. The van der Waals surface area contributed by atoms with E-state index in [2.05, 4.69) is 15.6 Å². The molecule has 2 rings (SSSR count). The van der Waals surface area contributed by atoms with Gasteiger partial charge in [0.15, 0.2) is 0 Å². The quantitative estimate of drug-likeness (QED) is 0.751. The van der Waals surface area contributed by atoms with Gasteiger partial charge in [-0.2, -0.15) is 0 Å². The van der Waals surface area contributed by atoms with Crippen LogP contribution in [0.15, 0.2) is 11.6 Å². The Labute approximate surface area is 128 Å². The van der Waals surface area contributed by atoms with Gasteiger partial charge in [-0.1, -0.05) is 19.3 Å². The number of nitrogens with one attached hydrogen (secondary N) is 2. The van der Waals surface area contributed by atoms with Gasteiger partial charge in [0.25, 0.3) is 0 Å². The molecular weight excluding hydrogens is 290 g/mol. The van der Waals surface area contributed by atoms with Gasteiger partial charge in [0, 0.05) is 24.5 Å². The van der Waals surface area contributed by atoms with E-state index in [0.717, 1.165) is 37.1 Å². The van der Waals surface area contributed by atoms with Gasteiger partial charge >= 0.3 is 12.0 Å². The summed E-state index contributed by atoms with van der Waals surface area (Å²) in [6, 6.07) is -0.283. The first kappa shape index (κ1) is 15.8. The Balaban J connectivity index is 1.81. The summed E-state index contributed by atoms with van der Waals surface area (Å²) in [5.41, 5.74) is -0.588. The highest BCUT2D eigenvalue weighted by Crippen LogP contribution is 2.31. The number of carbonyl (C=O) groups is 2. The van der Waals surface area contributed by atoms with E-state index >= 15 is 0 Å². The Morgan fingerprint density at radius 2 is 2.10 bits per heavy atom. The molecular formula is C14H21N3O3S. The lowest BCUT2D eigenvalue weighted by atomic mass is 9.79. The fourth-order valence-electron chi connectivity index (χ4n) is 2.81. The fraction of sp³-hybridized carbons (Fsp3) is 0.643. The number of aliphatic carboxylic acids is 1. The van der Waals surface area contributed by atoms with E-state index < -0.39 is 11.5 Å². The monoisotopic (exact) mass is 311 g/mol. The van der Waals surface area contributed by atoms with Crippen LogP contribution in [0.5, 0.6) is 0 Å². The van der Waals surface area contributed by atoms with Crippen molar-refractivity contribution in [2.24, 2.45) is 0 Å². The summed E-state index contributed by atoms with van der Waals surface area (Å²) in [4.78, 5) is 27.2. The van der Waals surface area contributed by atoms with Crippen molar-refractivity contribution in [3.05, 3.63) is 16.6 Å². The first-order valence-electron chi connectivity index (χ1n) is 7.26. The molecule has 2 amide bonds. The second kappa shape index (κ2) is 7.40. The second-order valence-electron chi connectivity index (χ2n) is 5.47. The second-order valence-corrected chi connectivity index (χ2v) is 6.45. The maximum atomic E-state index is 12.0. The van der Waals surface area contributed by atoms with Crippen LogP contribution in [0.2, 0.25) is 0 Å². The van der Waals surface area contributed by atoms with Crippen LogP contribution in [-0.2, 0) is 11.2 Å². The third-order valence-corrected chi connectivity index (χ3v) is 4.63. The van der Waals surface area contributed by atoms with Gasteiger partial charge < -0.3 is 15.7 Å². The number of hydrogen-bond donors (Lipinski definition) is 3. The van der Waals surface area contributed by atoms with E-state index in [1.54, 1.807) is 17.5 Å². The molecule has 1 aliphatic rings. The minimum absolute atomic E-state index is 0.00704. The predicted molar refractivity (Wildman–Crippen MR) is 80.4 cm³/mol. The lowest BCUT2D eigenvalue weighted by molar-refractivity contribution is -0.139. The number of hydrogen-bond acceptors (Lipinski definition) is 4. The molecule has 0 aliphatic heterocycles. The van der Waals surface area contributed by atoms with Crippen molar-refractivity contribution in [1.82, 2.24) is 15.6 Å². The smallest absolute Gasteiger partial charge is 0.315 e. The summed E-state index contributed by atoms with van der Waals surface area (Å²) >= 11 is 1.56. The van der Waals surface area contributed by atoms with E-state index in [4.69, 9.17) is 5.11 Å². The molecule has 0 bridgehead atoms. The average Bonchev–Trinajstić information content (AvgIpc) is 2.91. The van der Waals surface area contributed by atoms with Crippen molar-refractivity contribution in [2.45, 2.75) is 50.5 Å². The molecule has 0 atom stereocenters. The number of carboxylic acid groups (broad SMARTS) is 1. The number of urea groups is 1. The van der Waals surface area contributed by atoms with E-state index in [-0.39, 0.29) is 12.5 Å². The van der Waals surface area contributed by atoms with Gasteiger partial charge in [-0.3, -0.25) is 4.79 Å². The zero-order chi connectivity index (χ0) is 15.1. The van der Waals surface area contributed by atoms with Crippen molar-refractivity contribution in [3.63, 3.8) is 0 Å². The highest BCUT2D eigenvalue weighted by atomic mass is 32.1. The number of rotatable bonds is 6. The molecule has 1 aromatic heterocycles. The predicted octanol–water partition coefficient (Wildman–Crippen LogP) is 2.16. The van der Waals surface area contributed by atoms with Crippen molar-refractivity contribution >= 4 is 23.3 Å². The van der Waals surface area contributed by atoms with Crippen LogP contribution in [0.3, 0.4) is 0 Å². The van der Waals surface area contributed by atoms with Crippen molar-refractivity contribution in [3.8, 4) is 0 Å². The van der Waals surface area contributed by atoms with Gasteiger partial charge in [-0.05, 0) is 12.8 Å². The number of thiazole rings is 1. The molecule has 0 saturated heterocycles. The van der Waals surface area contributed by atoms with E-state index in [1.165, 1.54) is 0 Å². The van der Waals surface area contributed by atoms with Crippen LogP contribution in [0, 0.1) is 0 Å². The molecule has 21 heavy (non-hydrogen) atoms. The zero-order valence-corrected chi connectivity index (χ0v) is 12.7.